The van der Waals surface area contributed by atoms with E-state index >= 15 is 0 Å². The third-order valence-electron chi connectivity index (χ3n) is 3.23. The SMILES string of the molecule is CCCCCCCCCC=C(C)CCCC. The molecule has 0 aromatic rings. The van der Waals surface area contributed by atoms with E-state index < -0.39 is 0 Å². The van der Waals surface area contributed by atoms with Gasteiger partial charge in [0.2, 0.25) is 0 Å². The van der Waals surface area contributed by atoms with Crippen LogP contribution in [0.1, 0.15) is 91.4 Å². The summed E-state index contributed by atoms with van der Waals surface area (Å²) in [7, 11) is 0. The summed E-state index contributed by atoms with van der Waals surface area (Å²) in [6.45, 7) is 6.84. The maximum atomic E-state index is 2.46. The summed E-state index contributed by atoms with van der Waals surface area (Å²) in [5, 5.41) is 0. The zero-order chi connectivity index (χ0) is 12.1. The molecule has 16 heavy (non-hydrogen) atoms. The third-order valence-corrected chi connectivity index (χ3v) is 3.23. The lowest BCUT2D eigenvalue weighted by Gasteiger charge is -2.01. The highest BCUT2D eigenvalue weighted by Crippen LogP contribution is 2.11. The van der Waals surface area contributed by atoms with Crippen LogP contribution in [0.15, 0.2) is 11.6 Å². The molecule has 0 aliphatic heterocycles. The fourth-order valence-corrected chi connectivity index (χ4v) is 2.01. The second kappa shape index (κ2) is 12.8. The fraction of sp³-hybridized carbons (Fsp3) is 0.875. The van der Waals surface area contributed by atoms with Gasteiger partial charge in [-0.25, -0.2) is 0 Å². The molecule has 96 valence electrons. The zero-order valence-electron chi connectivity index (χ0n) is 11.9. The summed E-state index contributed by atoms with van der Waals surface area (Å²) < 4.78 is 0. The van der Waals surface area contributed by atoms with Crippen molar-refractivity contribution in [2.75, 3.05) is 0 Å². The average Bonchev–Trinajstić information content (AvgIpc) is 2.30. The third kappa shape index (κ3) is 11.8. The zero-order valence-corrected chi connectivity index (χ0v) is 11.9. The van der Waals surface area contributed by atoms with E-state index in [0.29, 0.717) is 0 Å². The molecule has 0 saturated heterocycles. The van der Waals surface area contributed by atoms with Gasteiger partial charge in [-0.1, -0.05) is 70.4 Å². The molecular weight excluding hydrogens is 192 g/mol. The van der Waals surface area contributed by atoms with Gasteiger partial charge in [0.1, 0.15) is 0 Å². The van der Waals surface area contributed by atoms with Gasteiger partial charge in [-0.05, 0) is 32.6 Å². The highest BCUT2D eigenvalue weighted by molar-refractivity contribution is 4.97. The largest absolute Gasteiger partial charge is 0.0856 e. The van der Waals surface area contributed by atoms with Crippen molar-refractivity contribution in [2.45, 2.75) is 91.4 Å². The van der Waals surface area contributed by atoms with Gasteiger partial charge in [-0.2, -0.15) is 0 Å². The van der Waals surface area contributed by atoms with Crippen LogP contribution in [-0.2, 0) is 0 Å². The van der Waals surface area contributed by atoms with E-state index in [2.05, 4.69) is 26.8 Å². The van der Waals surface area contributed by atoms with E-state index in [9.17, 15) is 0 Å². The predicted octanol–water partition coefficient (Wildman–Crippen LogP) is 6.26. The molecule has 0 aromatic carbocycles. The molecule has 0 aliphatic rings. The first kappa shape index (κ1) is 15.7. The highest BCUT2D eigenvalue weighted by atomic mass is 14.0. The maximum Gasteiger partial charge on any atom is -0.0323 e. The molecule has 0 rings (SSSR count). The number of allylic oxidation sites excluding steroid dienone is 2. The Morgan fingerprint density at radius 3 is 1.94 bits per heavy atom. The van der Waals surface area contributed by atoms with Gasteiger partial charge in [0.15, 0.2) is 0 Å². The number of rotatable bonds is 11. The molecular formula is C16H32. The summed E-state index contributed by atoms with van der Waals surface area (Å²) in [4.78, 5) is 0. The van der Waals surface area contributed by atoms with Gasteiger partial charge in [0.25, 0.3) is 0 Å². The second-order valence-corrected chi connectivity index (χ2v) is 5.06. The normalized spacial score (nSPS) is 12.1. The first-order chi connectivity index (χ1) is 7.81. The minimum Gasteiger partial charge on any atom is -0.0856 e. The van der Waals surface area contributed by atoms with E-state index in [1.807, 2.05) is 0 Å². The van der Waals surface area contributed by atoms with Crippen molar-refractivity contribution in [1.82, 2.24) is 0 Å². The van der Waals surface area contributed by atoms with Crippen molar-refractivity contribution in [1.29, 1.82) is 0 Å². The van der Waals surface area contributed by atoms with Crippen LogP contribution in [0.2, 0.25) is 0 Å². The van der Waals surface area contributed by atoms with Crippen LogP contribution in [0.5, 0.6) is 0 Å². The number of unbranched alkanes of at least 4 members (excludes halogenated alkanes) is 8. The standard InChI is InChI=1S/C16H32/c1-4-6-8-9-10-11-12-13-15-16(3)14-7-5-2/h15H,4-14H2,1-3H3. The Morgan fingerprint density at radius 2 is 1.31 bits per heavy atom. The van der Waals surface area contributed by atoms with E-state index in [1.165, 1.54) is 70.6 Å². The van der Waals surface area contributed by atoms with Crippen LogP contribution in [0.4, 0.5) is 0 Å². The molecule has 0 bridgehead atoms. The summed E-state index contributed by atoms with van der Waals surface area (Å²) in [6, 6.07) is 0. The molecule has 0 aromatic heterocycles. The lowest BCUT2D eigenvalue weighted by molar-refractivity contribution is 0.591. The Morgan fingerprint density at radius 1 is 0.750 bits per heavy atom. The Hall–Kier alpha value is -0.260. The maximum absolute atomic E-state index is 2.46. The minimum atomic E-state index is 1.31. The Kier molecular flexibility index (Phi) is 12.6. The fourth-order valence-electron chi connectivity index (χ4n) is 2.01. The van der Waals surface area contributed by atoms with Gasteiger partial charge < -0.3 is 0 Å². The van der Waals surface area contributed by atoms with Crippen LogP contribution < -0.4 is 0 Å². The first-order valence-electron chi connectivity index (χ1n) is 7.46. The average molecular weight is 224 g/mol. The molecule has 0 nitrogen and oxygen atoms in total. The van der Waals surface area contributed by atoms with Crippen molar-refractivity contribution in [2.24, 2.45) is 0 Å². The van der Waals surface area contributed by atoms with Gasteiger partial charge in [-0.15, -0.1) is 0 Å². The molecule has 0 heteroatoms. The van der Waals surface area contributed by atoms with Gasteiger partial charge in [-0.3, -0.25) is 0 Å². The summed E-state index contributed by atoms with van der Waals surface area (Å²) in [5.74, 6) is 0. The van der Waals surface area contributed by atoms with Crippen molar-refractivity contribution >= 4 is 0 Å². The molecule has 0 aliphatic carbocycles. The number of hydrogen-bond donors (Lipinski definition) is 0. The quantitative estimate of drug-likeness (QED) is 0.287. The summed E-state index contributed by atoms with van der Waals surface area (Å²) >= 11 is 0. The van der Waals surface area contributed by atoms with Gasteiger partial charge >= 0.3 is 0 Å². The lowest BCUT2D eigenvalue weighted by atomic mass is 10.1. The van der Waals surface area contributed by atoms with E-state index in [0.717, 1.165) is 0 Å². The molecule has 0 atom stereocenters. The second-order valence-electron chi connectivity index (χ2n) is 5.06. The molecule has 0 fully saturated rings. The smallest absolute Gasteiger partial charge is 0.0323 e. The van der Waals surface area contributed by atoms with Crippen LogP contribution in [0.3, 0.4) is 0 Å². The topological polar surface area (TPSA) is 0 Å². The molecule has 0 N–H and O–H groups in total. The molecule has 0 spiro atoms. The molecule has 0 heterocycles. The van der Waals surface area contributed by atoms with Crippen molar-refractivity contribution < 1.29 is 0 Å². The Bertz CT molecular complexity index is 155. The molecule has 0 saturated carbocycles. The number of hydrogen-bond acceptors (Lipinski definition) is 0. The molecule has 0 amide bonds. The monoisotopic (exact) mass is 224 g/mol. The lowest BCUT2D eigenvalue weighted by Crippen LogP contribution is -1.81. The Labute approximate surface area is 104 Å². The van der Waals surface area contributed by atoms with Crippen LogP contribution in [-0.4, -0.2) is 0 Å². The van der Waals surface area contributed by atoms with Crippen LogP contribution in [0.25, 0.3) is 0 Å². The summed E-state index contributed by atoms with van der Waals surface area (Å²) in [6.07, 6.45) is 17.7. The molecule has 0 radical (unpaired) electrons. The van der Waals surface area contributed by atoms with Crippen molar-refractivity contribution in [3.8, 4) is 0 Å². The first-order valence-corrected chi connectivity index (χ1v) is 7.46. The Balaban J connectivity index is 3.18. The highest BCUT2D eigenvalue weighted by Gasteiger charge is 1.91. The van der Waals surface area contributed by atoms with E-state index in [-0.39, 0.29) is 0 Å². The van der Waals surface area contributed by atoms with Crippen molar-refractivity contribution in [3.63, 3.8) is 0 Å². The minimum absolute atomic E-state index is 1.31. The van der Waals surface area contributed by atoms with Gasteiger partial charge in [0.05, 0.1) is 0 Å². The van der Waals surface area contributed by atoms with Crippen LogP contribution >= 0.6 is 0 Å². The van der Waals surface area contributed by atoms with Gasteiger partial charge in [0, 0.05) is 0 Å². The van der Waals surface area contributed by atoms with Crippen LogP contribution in [0, 0.1) is 0 Å². The van der Waals surface area contributed by atoms with Crippen molar-refractivity contribution in [3.05, 3.63) is 11.6 Å². The predicted molar refractivity (Wildman–Crippen MR) is 75.9 cm³/mol. The van der Waals surface area contributed by atoms with E-state index in [4.69, 9.17) is 0 Å². The summed E-state index contributed by atoms with van der Waals surface area (Å²) in [5.41, 5.74) is 1.60. The van der Waals surface area contributed by atoms with E-state index in [1.54, 1.807) is 5.57 Å². The molecule has 0 unspecified atom stereocenters.